The first-order chi connectivity index (χ1) is 9.15. The number of H-pyrrole nitrogens is 1. The summed E-state index contributed by atoms with van der Waals surface area (Å²) in [7, 11) is 0. The van der Waals surface area contributed by atoms with Gasteiger partial charge < -0.3 is 9.52 Å². The summed E-state index contributed by atoms with van der Waals surface area (Å²) in [5.41, 5.74) is 2.00. The van der Waals surface area contributed by atoms with E-state index >= 15 is 0 Å². The fourth-order valence-corrected chi connectivity index (χ4v) is 2.62. The number of fused-ring (bicyclic) bond motifs is 1. The van der Waals surface area contributed by atoms with E-state index in [1.165, 1.54) is 0 Å². The second kappa shape index (κ2) is 6.06. The van der Waals surface area contributed by atoms with Gasteiger partial charge in [-0.2, -0.15) is 0 Å². The van der Waals surface area contributed by atoms with Gasteiger partial charge in [0.05, 0.1) is 11.6 Å². The molecule has 1 heterocycles. The highest BCUT2D eigenvalue weighted by atomic mass is 16.4. The molecule has 19 heavy (non-hydrogen) atoms. The molecule has 0 fully saturated rings. The zero-order valence-corrected chi connectivity index (χ0v) is 11.5. The first kappa shape index (κ1) is 13.9. The molecule has 2 N–H and O–H groups in total. The van der Waals surface area contributed by atoms with Crippen LogP contribution in [-0.2, 0) is 0 Å². The molecule has 1 aromatic heterocycles. The summed E-state index contributed by atoms with van der Waals surface area (Å²) in [4.78, 5) is 13.7. The number of aromatic amines is 1. The van der Waals surface area contributed by atoms with Crippen molar-refractivity contribution in [1.82, 2.24) is 4.98 Å². The van der Waals surface area contributed by atoms with Crippen molar-refractivity contribution in [3.8, 4) is 0 Å². The summed E-state index contributed by atoms with van der Waals surface area (Å²) in [6, 6.07) is 5.40. The van der Waals surface area contributed by atoms with Crippen molar-refractivity contribution in [2.24, 2.45) is 5.92 Å². The Labute approximate surface area is 112 Å². The van der Waals surface area contributed by atoms with Crippen molar-refractivity contribution < 1.29 is 9.52 Å². The van der Waals surface area contributed by atoms with Gasteiger partial charge in [-0.25, -0.2) is 4.79 Å². The molecule has 0 aliphatic carbocycles. The Kier molecular flexibility index (Phi) is 4.43. The van der Waals surface area contributed by atoms with E-state index in [1.807, 2.05) is 6.07 Å². The predicted molar refractivity (Wildman–Crippen MR) is 75.1 cm³/mol. The zero-order valence-electron chi connectivity index (χ0n) is 11.5. The topological polar surface area (TPSA) is 66.2 Å². The summed E-state index contributed by atoms with van der Waals surface area (Å²) >= 11 is 0. The third-order valence-electron chi connectivity index (χ3n) is 3.55. The number of aliphatic hydroxyl groups excluding tert-OH is 1. The molecule has 0 aliphatic rings. The van der Waals surface area contributed by atoms with Crippen LogP contribution in [0.15, 0.2) is 27.4 Å². The Bertz CT molecular complexity index is 578. The Balaban J connectivity index is 2.28. The van der Waals surface area contributed by atoms with E-state index in [4.69, 9.17) is 4.42 Å². The molecule has 4 heteroatoms. The second-order valence-electron chi connectivity index (χ2n) is 5.05. The van der Waals surface area contributed by atoms with Gasteiger partial charge in [0.15, 0.2) is 5.58 Å². The molecule has 2 aromatic rings. The molecular formula is C15H21NO3. The van der Waals surface area contributed by atoms with E-state index in [-0.39, 0.29) is 5.92 Å². The van der Waals surface area contributed by atoms with Gasteiger partial charge in [-0.1, -0.05) is 32.8 Å². The number of oxazole rings is 1. The Morgan fingerprint density at radius 3 is 2.58 bits per heavy atom. The minimum atomic E-state index is -0.496. The largest absolute Gasteiger partial charge is 0.417 e. The third-order valence-corrected chi connectivity index (χ3v) is 3.55. The molecule has 0 saturated carbocycles. The molecule has 0 radical (unpaired) electrons. The van der Waals surface area contributed by atoms with E-state index in [0.717, 1.165) is 31.2 Å². The lowest BCUT2D eigenvalue weighted by atomic mass is 9.88. The van der Waals surface area contributed by atoms with E-state index in [2.05, 4.69) is 18.8 Å². The Hall–Kier alpha value is -1.55. The van der Waals surface area contributed by atoms with Gasteiger partial charge in [0.1, 0.15) is 0 Å². The van der Waals surface area contributed by atoms with Crippen LogP contribution in [0.5, 0.6) is 0 Å². The van der Waals surface area contributed by atoms with Crippen molar-refractivity contribution >= 4 is 11.1 Å². The molecule has 0 amide bonds. The maximum absolute atomic E-state index is 11.1. The summed E-state index contributed by atoms with van der Waals surface area (Å²) in [5.74, 6) is -0.196. The number of hydrogen-bond donors (Lipinski definition) is 2. The molecule has 4 nitrogen and oxygen atoms in total. The number of aromatic nitrogens is 1. The van der Waals surface area contributed by atoms with Crippen molar-refractivity contribution in [3.05, 3.63) is 34.3 Å². The normalized spacial score (nSPS) is 13.3. The smallest absolute Gasteiger partial charge is 0.408 e. The number of aliphatic hydroxyl groups is 1. The molecule has 0 saturated heterocycles. The maximum Gasteiger partial charge on any atom is 0.417 e. The van der Waals surface area contributed by atoms with Crippen LogP contribution in [0.25, 0.3) is 11.1 Å². The highest BCUT2D eigenvalue weighted by Crippen LogP contribution is 2.30. The average Bonchev–Trinajstić information content (AvgIpc) is 2.76. The van der Waals surface area contributed by atoms with Gasteiger partial charge in [-0.15, -0.1) is 0 Å². The van der Waals surface area contributed by atoms with E-state index in [9.17, 15) is 9.90 Å². The van der Waals surface area contributed by atoms with Gasteiger partial charge >= 0.3 is 5.76 Å². The summed E-state index contributed by atoms with van der Waals surface area (Å²) in [6.07, 6.45) is 3.63. The minimum absolute atomic E-state index is 0.262. The lowest BCUT2D eigenvalue weighted by Gasteiger charge is -2.22. The van der Waals surface area contributed by atoms with Crippen LogP contribution < -0.4 is 5.76 Å². The number of benzene rings is 1. The first-order valence-electron chi connectivity index (χ1n) is 6.96. The monoisotopic (exact) mass is 263 g/mol. The lowest BCUT2D eigenvalue weighted by Crippen LogP contribution is -2.12. The molecule has 104 valence electrons. The van der Waals surface area contributed by atoms with Crippen LogP contribution in [-0.4, -0.2) is 10.1 Å². The molecule has 1 atom stereocenters. The molecule has 0 aliphatic heterocycles. The van der Waals surface area contributed by atoms with Crippen LogP contribution >= 0.6 is 0 Å². The Morgan fingerprint density at radius 1 is 1.26 bits per heavy atom. The molecule has 0 bridgehead atoms. The zero-order chi connectivity index (χ0) is 13.8. The van der Waals surface area contributed by atoms with E-state index in [1.54, 1.807) is 12.1 Å². The van der Waals surface area contributed by atoms with Gasteiger partial charge in [0.2, 0.25) is 0 Å². The van der Waals surface area contributed by atoms with Gasteiger partial charge in [0.25, 0.3) is 0 Å². The quantitative estimate of drug-likeness (QED) is 0.839. The lowest BCUT2D eigenvalue weighted by molar-refractivity contribution is 0.0965. The molecule has 1 unspecified atom stereocenters. The van der Waals surface area contributed by atoms with Crippen molar-refractivity contribution in [1.29, 1.82) is 0 Å². The van der Waals surface area contributed by atoms with Crippen LogP contribution in [0.2, 0.25) is 0 Å². The molecule has 2 rings (SSSR count). The van der Waals surface area contributed by atoms with Gasteiger partial charge in [-0.3, -0.25) is 4.98 Å². The fourth-order valence-electron chi connectivity index (χ4n) is 2.62. The number of nitrogens with one attached hydrogen (secondary N) is 1. The van der Waals surface area contributed by atoms with Gasteiger partial charge in [-0.05, 0) is 36.5 Å². The highest BCUT2D eigenvalue weighted by molar-refractivity contribution is 5.72. The van der Waals surface area contributed by atoms with Crippen LogP contribution in [0, 0.1) is 5.92 Å². The van der Waals surface area contributed by atoms with E-state index in [0.29, 0.717) is 11.1 Å². The standard InChI is InChI=1S/C15H21NO3/c1-3-5-10(6-4-2)14(17)11-7-8-12-13(9-11)19-15(18)16-12/h7-10,14,17H,3-6H2,1-2H3,(H,16,18). The van der Waals surface area contributed by atoms with E-state index < -0.39 is 11.9 Å². The summed E-state index contributed by atoms with van der Waals surface area (Å²) in [6.45, 7) is 4.26. The average molecular weight is 263 g/mol. The fraction of sp³-hybridized carbons (Fsp3) is 0.533. The summed E-state index contributed by atoms with van der Waals surface area (Å²) < 4.78 is 5.04. The van der Waals surface area contributed by atoms with Crippen molar-refractivity contribution in [3.63, 3.8) is 0 Å². The molecule has 1 aromatic carbocycles. The number of rotatable bonds is 6. The third kappa shape index (κ3) is 3.07. The molecular weight excluding hydrogens is 242 g/mol. The highest BCUT2D eigenvalue weighted by Gasteiger charge is 2.20. The van der Waals surface area contributed by atoms with Gasteiger partial charge in [0, 0.05) is 0 Å². The predicted octanol–water partition coefficient (Wildman–Crippen LogP) is 3.37. The summed E-state index contributed by atoms with van der Waals surface area (Å²) in [5, 5.41) is 10.5. The SMILES string of the molecule is CCCC(CCC)C(O)c1ccc2[nH]c(=O)oc2c1. The van der Waals surface area contributed by atoms with Crippen LogP contribution in [0.1, 0.15) is 51.2 Å². The molecule has 0 spiro atoms. The second-order valence-corrected chi connectivity index (χ2v) is 5.05. The van der Waals surface area contributed by atoms with Crippen LogP contribution in [0.4, 0.5) is 0 Å². The Morgan fingerprint density at radius 2 is 1.95 bits per heavy atom. The van der Waals surface area contributed by atoms with Crippen molar-refractivity contribution in [2.75, 3.05) is 0 Å². The number of hydrogen-bond acceptors (Lipinski definition) is 3. The maximum atomic E-state index is 11.1. The van der Waals surface area contributed by atoms with Crippen LogP contribution in [0.3, 0.4) is 0 Å². The first-order valence-corrected chi connectivity index (χ1v) is 6.96. The van der Waals surface area contributed by atoms with Crippen molar-refractivity contribution in [2.45, 2.75) is 45.6 Å². The minimum Gasteiger partial charge on any atom is -0.408 e.